The van der Waals surface area contributed by atoms with Gasteiger partial charge in [-0.15, -0.1) is 0 Å². The second-order valence-corrected chi connectivity index (χ2v) is 4.15. The van der Waals surface area contributed by atoms with Gasteiger partial charge in [-0.3, -0.25) is 0 Å². The molecule has 0 amide bonds. The Balaban J connectivity index is 2.68. The average molecular weight is 278 g/mol. The van der Waals surface area contributed by atoms with Crippen LogP contribution in [-0.2, 0) is 15.7 Å². The number of methoxy groups -OCH3 is 1. The lowest BCUT2D eigenvalue weighted by molar-refractivity contribution is -0.137. The first-order chi connectivity index (χ1) is 8.86. The van der Waals surface area contributed by atoms with Crippen molar-refractivity contribution in [3.05, 3.63) is 34.9 Å². The Kier molecular flexibility index (Phi) is 5.78. The molecule has 19 heavy (non-hydrogen) atoms. The highest BCUT2D eigenvalue weighted by molar-refractivity contribution is 5.33. The van der Waals surface area contributed by atoms with Crippen molar-refractivity contribution in [1.29, 1.82) is 0 Å². The molecule has 0 saturated heterocycles. The Morgan fingerprint density at radius 2 is 1.95 bits per heavy atom. The molecule has 6 heteroatoms. The van der Waals surface area contributed by atoms with Crippen molar-refractivity contribution in [1.82, 2.24) is 0 Å². The van der Waals surface area contributed by atoms with Crippen LogP contribution in [0.15, 0.2) is 18.2 Å². The zero-order chi connectivity index (χ0) is 14.5. The molecule has 0 saturated carbocycles. The van der Waals surface area contributed by atoms with E-state index < -0.39 is 17.8 Å². The molecule has 0 aliphatic rings. The van der Waals surface area contributed by atoms with Crippen molar-refractivity contribution >= 4 is 0 Å². The average Bonchev–Trinajstić information content (AvgIpc) is 2.33. The summed E-state index contributed by atoms with van der Waals surface area (Å²) < 4.78 is 47.4. The molecule has 1 aromatic rings. The van der Waals surface area contributed by atoms with Gasteiger partial charge in [-0.05, 0) is 30.2 Å². The Labute approximate surface area is 110 Å². The van der Waals surface area contributed by atoms with Gasteiger partial charge in [0.1, 0.15) is 6.10 Å². The van der Waals surface area contributed by atoms with E-state index in [-0.39, 0.29) is 6.61 Å². The quantitative estimate of drug-likeness (QED) is 0.813. The first-order valence-electron chi connectivity index (χ1n) is 5.78. The first-order valence-corrected chi connectivity index (χ1v) is 5.78. The Morgan fingerprint density at radius 3 is 2.47 bits per heavy atom. The van der Waals surface area contributed by atoms with Crippen LogP contribution in [-0.4, -0.2) is 32.0 Å². The second kappa shape index (κ2) is 6.88. The summed E-state index contributed by atoms with van der Waals surface area (Å²) in [5.41, 5.74) is 0.101. The molecule has 1 N–H and O–H groups in total. The third-order valence-electron chi connectivity index (χ3n) is 2.66. The lowest BCUT2D eigenvalue weighted by Gasteiger charge is -2.16. The van der Waals surface area contributed by atoms with Gasteiger partial charge in [0.2, 0.25) is 0 Å². The summed E-state index contributed by atoms with van der Waals surface area (Å²) in [6, 6.07) is 3.26. The number of alkyl halides is 3. The third kappa shape index (κ3) is 4.81. The predicted molar refractivity (Wildman–Crippen MR) is 63.8 cm³/mol. The van der Waals surface area contributed by atoms with Crippen molar-refractivity contribution in [2.45, 2.75) is 19.2 Å². The summed E-state index contributed by atoms with van der Waals surface area (Å²) in [4.78, 5) is 0. The van der Waals surface area contributed by atoms with Gasteiger partial charge < -0.3 is 14.6 Å². The van der Waals surface area contributed by atoms with E-state index in [1.54, 1.807) is 0 Å². The number of benzene rings is 1. The van der Waals surface area contributed by atoms with Gasteiger partial charge in [0.25, 0.3) is 0 Å². The highest BCUT2D eigenvalue weighted by Gasteiger charge is 2.30. The molecule has 0 radical (unpaired) electrons. The highest BCUT2D eigenvalue weighted by atomic mass is 19.4. The fourth-order valence-corrected chi connectivity index (χ4v) is 1.65. The summed E-state index contributed by atoms with van der Waals surface area (Å²) in [6.07, 6.45) is -5.32. The molecule has 0 bridgehead atoms. The molecule has 0 fully saturated rings. The van der Waals surface area contributed by atoms with E-state index in [1.165, 1.54) is 20.1 Å². The van der Waals surface area contributed by atoms with Crippen molar-refractivity contribution in [3.8, 4) is 0 Å². The van der Waals surface area contributed by atoms with Gasteiger partial charge in [-0.1, -0.05) is 6.07 Å². The Hall–Kier alpha value is -1.11. The van der Waals surface area contributed by atoms with Crippen LogP contribution in [0.3, 0.4) is 0 Å². The van der Waals surface area contributed by atoms with Crippen molar-refractivity contribution in [3.63, 3.8) is 0 Å². The van der Waals surface area contributed by atoms with E-state index in [1.807, 2.05) is 0 Å². The minimum Gasteiger partial charge on any atom is -0.386 e. The molecule has 108 valence electrons. The maximum Gasteiger partial charge on any atom is 0.416 e. The SMILES string of the molecule is COCCOCC(O)c1ccc(C(F)(F)F)cc1C. The molecule has 1 atom stereocenters. The maximum absolute atomic E-state index is 12.5. The number of hydrogen-bond acceptors (Lipinski definition) is 3. The largest absolute Gasteiger partial charge is 0.416 e. The van der Waals surface area contributed by atoms with E-state index in [2.05, 4.69) is 0 Å². The number of rotatable bonds is 6. The first kappa shape index (κ1) is 15.9. The van der Waals surface area contributed by atoms with Crippen LogP contribution in [0.25, 0.3) is 0 Å². The van der Waals surface area contributed by atoms with Gasteiger partial charge >= 0.3 is 6.18 Å². The summed E-state index contributed by atoms with van der Waals surface area (Å²) in [5, 5.41) is 9.85. The smallest absolute Gasteiger partial charge is 0.386 e. The number of ether oxygens (including phenoxy) is 2. The van der Waals surface area contributed by atoms with Crippen LogP contribution in [0.5, 0.6) is 0 Å². The minimum atomic E-state index is -4.37. The normalized spacial score (nSPS) is 13.6. The third-order valence-corrected chi connectivity index (χ3v) is 2.66. The van der Waals surface area contributed by atoms with Gasteiger partial charge in [0, 0.05) is 7.11 Å². The summed E-state index contributed by atoms with van der Waals surface area (Å²) in [6.45, 7) is 2.28. The monoisotopic (exact) mass is 278 g/mol. The molecule has 1 aromatic carbocycles. The summed E-state index contributed by atoms with van der Waals surface area (Å²) >= 11 is 0. The molecule has 0 heterocycles. The van der Waals surface area contributed by atoms with Crippen molar-refractivity contribution < 1.29 is 27.8 Å². The standard InChI is InChI=1S/C13H17F3O3/c1-9-7-10(13(14,15)16)3-4-11(9)12(17)8-19-6-5-18-2/h3-4,7,12,17H,5-6,8H2,1-2H3. The summed E-state index contributed by atoms with van der Waals surface area (Å²) in [5.74, 6) is 0. The van der Waals surface area contributed by atoms with Crippen LogP contribution in [0.2, 0.25) is 0 Å². The van der Waals surface area contributed by atoms with E-state index in [0.717, 1.165) is 12.1 Å². The molecular weight excluding hydrogens is 261 g/mol. The molecule has 1 rings (SSSR count). The molecule has 0 aromatic heterocycles. The Morgan fingerprint density at radius 1 is 1.26 bits per heavy atom. The van der Waals surface area contributed by atoms with Gasteiger partial charge in [0.05, 0.1) is 25.4 Å². The number of aliphatic hydroxyl groups is 1. The number of hydrogen-bond donors (Lipinski definition) is 1. The lowest BCUT2D eigenvalue weighted by Crippen LogP contribution is -2.12. The van der Waals surface area contributed by atoms with Gasteiger partial charge in [-0.2, -0.15) is 13.2 Å². The van der Waals surface area contributed by atoms with Crippen LogP contribution in [0.4, 0.5) is 13.2 Å². The molecule has 0 aliphatic heterocycles. The van der Waals surface area contributed by atoms with Crippen LogP contribution >= 0.6 is 0 Å². The minimum absolute atomic E-state index is 0.0234. The van der Waals surface area contributed by atoms with Crippen LogP contribution in [0, 0.1) is 6.92 Å². The predicted octanol–water partition coefficient (Wildman–Crippen LogP) is 2.71. The fraction of sp³-hybridized carbons (Fsp3) is 0.538. The lowest BCUT2D eigenvalue weighted by atomic mass is 10.0. The zero-order valence-corrected chi connectivity index (χ0v) is 10.8. The van der Waals surface area contributed by atoms with Gasteiger partial charge in [-0.25, -0.2) is 0 Å². The van der Waals surface area contributed by atoms with E-state index in [0.29, 0.717) is 24.3 Å². The maximum atomic E-state index is 12.5. The Bertz CT molecular complexity index is 405. The highest BCUT2D eigenvalue weighted by Crippen LogP contribution is 2.31. The van der Waals surface area contributed by atoms with Crippen LogP contribution in [0.1, 0.15) is 22.8 Å². The van der Waals surface area contributed by atoms with Crippen LogP contribution < -0.4 is 0 Å². The zero-order valence-electron chi connectivity index (χ0n) is 10.8. The second-order valence-electron chi connectivity index (χ2n) is 4.15. The fourth-order valence-electron chi connectivity index (χ4n) is 1.65. The molecular formula is C13H17F3O3. The van der Waals surface area contributed by atoms with E-state index in [4.69, 9.17) is 9.47 Å². The van der Waals surface area contributed by atoms with Crippen molar-refractivity contribution in [2.75, 3.05) is 26.9 Å². The molecule has 0 spiro atoms. The molecule has 0 aliphatic carbocycles. The molecule has 1 unspecified atom stereocenters. The molecule has 3 nitrogen and oxygen atoms in total. The van der Waals surface area contributed by atoms with E-state index in [9.17, 15) is 18.3 Å². The van der Waals surface area contributed by atoms with E-state index >= 15 is 0 Å². The topological polar surface area (TPSA) is 38.7 Å². The summed E-state index contributed by atoms with van der Waals surface area (Å²) in [7, 11) is 1.53. The number of aryl methyl sites for hydroxylation is 1. The van der Waals surface area contributed by atoms with Crippen molar-refractivity contribution in [2.24, 2.45) is 0 Å². The number of aliphatic hydroxyl groups excluding tert-OH is 1. The number of halogens is 3. The van der Waals surface area contributed by atoms with Gasteiger partial charge in [0.15, 0.2) is 0 Å².